The zero-order chi connectivity index (χ0) is 11.5. The highest BCUT2D eigenvalue weighted by atomic mass is 35.5. The summed E-state index contributed by atoms with van der Waals surface area (Å²) in [6.45, 7) is 4.12. The molecule has 1 aliphatic rings. The third kappa shape index (κ3) is 3.09. The summed E-state index contributed by atoms with van der Waals surface area (Å²) >= 11 is 12.0. The van der Waals surface area contributed by atoms with E-state index >= 15 is 0 Å². The van der Waals surface area contributed by atoms with E-state index in [1.807, 2.05) is 6.07 Å². The van der Waals surface area contributed by atoms with E-state index in [0.717, 1.165) is 31.2 Å². The molecule has 0 unspecified atom stereocenters. The van der Waals surface area contributed by atoms with E-state index in [1.54, 1.807) is 6.07 Å². The van der Waals surface area contributed by atoms with E-state index in [0.29, 0.717) is 10.2 Å². The van der Waals surface area contributed by atoms with E-state index in [1.165, 1.54) is 12.8 Å². The van der Waals surface area contributed by atoms with Crippen molar-refractivity contribution in [2.45, 2.75) is 38.8 Å². The fraction of sp³-hybridized carbons (Fsp3) is 0.583. The van der Waals surface area contributed by atoms with Crippen molar-refractivity contribution in [3.63, 3.8) is 0 Å². The lowest BCUT2D eigenvalue weighted by atomic mass is 10.3. The van der Waals surface area contributed by atoms with Crippen molar-refractivity contribution in [2.75, 3.05) is 6.54 Å². The normalized spacial score (nSPS) is 15.8. The van der Waals surface area contributed by atoms with Crippen LogP contribution in [0.2, 0.25) is 10.2 Å². The average molecular weight is 259 g/mol. The molecule has 1 aliphatic carbocycles. The molecule has 0 atom stereocenters. The summed E-state index contributed by atoms with van der Waals surface area (Å²) in [5.74, 6) is 0. The van der Waals surface area contributed by atoms with Crippen LogP contribution in [0.25, 0.3) is 0 Å². The van der Waals surface area contributed by atoms with Crippen molar-refractivity contribution < 1.29 is 0 Å². The molecule has 0 saturated heterocycles. The molecule has 1 aromatic rings. The molecule has 0 aromatic carbocycles. The molecule has 0 amide bonds. The maximum Gasteiger partial charge on any atom is 0.129 e. The Labute approximate surface area is 107 Å². The van der Waals surface area contributed by atoms with Crippen molar-refractivity contribution >= 4 is 23.2 Å². The molecule has 2 rings (SSSR count). The van der Waals surface area contributed by atoms with Gasteiger partial charge in [0, 0.05) is 12.6 Å². The molecule has 0 bridgehead atoms. The largest absolute Gasteiger partial charge is 0.295 e. The SMILES string of the molecule is CCCN(Cc1nc(Cl)ccc1Cl)C1CC1. The summed E-state index contributed by atoms with van der Waals surface area (Å²) in [6.07, 6.45) is 3.77. The maximum absolute atomic E-state index is 6.12. The first kappa shape index (κ1) is 12.2. The molecule has 1 heterocycles. The van der Waals surface area contributed by atoms with Crippen LogP contribution in [0.4, 0.5) is 0 Å². The van der Waals surface area contributed by atoms with Crippen LogP contribution in [0, 0.1) is 0 Å². The average Bonchev–Trinajstić information content (AvgIpc) is 3.06. The van der Waals surface area contributed by atoms with Gasteiger partial charge in [-0.3, -0.25) is 4.90 Å². The molecular formula is C12H16Cl2N2. The lowest BCUT2D eigenvalue weighted by molar-refractivity contribution is 0.252. The fourth-order valence-electron chi connectivity index (χ4n) is 1.88. The van der Waals surface area contributed by atoms with Crippen LogP contribution in [0.15, 0.2) is 12.1 Å². The lowest BCUT2D eigenvalue weighted by Crippen LogP contribution is -2.27. The second-order valence-corrected chi connectivity index (χ2v) is 5.06. The highest BCUT2D eigenvalue weighted by Gasteiger charge is 2.28. The summed E-state index contributed by atoms with van der Waals surface area (Å²) in [5, 5.41) is 1.23. The molecule has 88 valence electrons. The second kappa shape index (κ2) is 5.35. The van der Waals surface area contributed by atoms with Crippen LogP contribution >= 0.6 is 23.2 Å². The Morgan fingerprint density at radius 3 is 2.75 bits per heavy atom. The van der Waals surface area contributed by atoms with Crippen LogP contribution < -0.4 is 0 Å². The molecule has 1 aromatic heterocycles. The standard InChI is InChI=1S/C12H16Cl2N2/c1-2-7-16(9-3-4-9)8-11-10(13)5-6-12(14)15-11/h5-6,9H,2-4,7-8H2,1H3. The van der Waals surface area contributed by atoms with Crippen molar-refractivity contribution in [1.29, 1.82) is 0 Å². The number of hydrogen-bond acceptors (Lipinski definition) is 2. The molecule has 0 spiro atoms. The third-order valence-corrected chi connectivity index (χ3v) is 3.37. The highest BCUT2D eigenvalue weighted by molar-refractivity contribution is 6.32. The van der Waals surface area contributed by atoms with Gasteiger partial charge >= 0.3 is 0 Å². The number of pyridine rings is 1. The summed E-state index contributed by atoms with van der Waals surface area (Å²) in [4.78, 5) is 6.75. The van der Waals surface area contributed by atoms with Crippen molar-refractivity contribution in [3.8, 4) is 0 Å². The Morgan fingerprint density at radius 2 is 2.12 bits per heavy atom. The maximum atomic E-state index is 6.12. The molecular weight excluding hydrogens is 243 g/mol. The third-order valence-electron chi connectivity index (χ3n) is 2.81. The molecule has 0 aliphatic heterocycles. The van der Waals surface area contributed by atoms with Crippen LogP contribution in [-0.4, -0.2) is 22.5 Å². The van der Waals surface area contributed by atoms with E-state index in [4.69, 9.17) is 23.2 Å². The van der Waals surface area contributed by atoms with Crippen molar-refractivity contribution in [1.82, 2.24) is 9.88 Å². The quantitative estimate of drug-likeness (QED) is 0.748. The zero-order valence-corrected chi connectivity index (χ0v) is 10.9. The number of aromatic nitrogens is 1. The summed E-state index contributed by atoms with van der Waals surface area (Å²) in [7, 11) is 0. The van der Waals surface area contributed by atoms with Crippen LogP contribution in [-0.2, 0) is 6.54 Å². The Bertz CT molecular complexity index is 364. The fourth-order valence-corrected chi connectivity index (χ4v) is 2.21. The first-order valence-corrected chi connectivity index (χ1v) is 6.51. The van der Waals surface area contributed by atoms with Crippen LogP contribution in [0.1, 0.15) is 31.9 Å². The van der Waals surface area contributed by atoms with Gasteiger partial charge in [-0.15, -0.1) is 0 Å². The number of rotatable bonds is 5. The van der Waals surface area contributed by atoms with Gasteiger partial charge in [0.15, 0.2) is 0 Å². The smallest absolute Gasteiger partial charge is 0.129 e. The second-order valence-electron chi connectivity index (χ2n) is 4.26. The van der Waals surface area contributed by atoms with Gasteiger partial charge in [0.1, 0.15) is 5.15 Å². The van der Waals surface area contributed by atoms with E-state index in [-0.39, 0.29) is 0 Å². The van der Waals surface area contributed by atoms with Gasteiger partial charge in [-0.25, -0.2) is 4.98 Å². The van der Waals surface area contributed by atoms with Crippen molar-refractivity contribution in [3.05, 3.63) is 28.0 Å². The molecule has 1 fully saturated rings. The summed E-state index contributed by atoms with van der Waals surface area (Å²) in [6, 6.07) is 4.29. The molecule has 4 heteroatoms. The van der Waals surface area contributed by atoms with Gasteiger partial charge in [0.2, 0.25) is 0 Å². The number of hydrogen-bond donors (Lipinski definition) is 0. The molecule has 16 heavy (non-hydrogen) atoms. The Kier molecular flexibility index (Phi) is 4.06. The monoisotopic (exact) mass is 258 g/mol. The molecule has 1 saturated carbocycles. The van der Waals surface area contributed by atoms with E-state index in [9.17, 15) is 0 Å². The van der Waals surface area contributed by atoms with Gasteiger partial charge in [-0.05, 0) is 37.9 Å². The minimum Gasteiger partial charge on any atom is -0.295 e. The van der Waals surface area contributed by atoms with Gasteiger partial charge in [0.05, 0.1) is 10.7 Å². The first-order valence-electron chi connectivity index (χ1n) is 5.75. The van der Waals surface area contributed by atoms with Crippen LogP contribution in [0.5, 0.6) is 0 Å². The highest BCUT2D eigenvalue weighted by Crippen LogP contribution is 2.29. The van der Waals surface area contributed by atoms with Gasteiger partial charge < -0.3 is 0 Å². The Balaban J connectivity index is 2.08. The predicted molar refractivity (Wildman–Crippen MR) is 68.0 cm³/mol. The minimum absolute atomic E-state index is 0.520. The predicted octanol–water partition coefficient (Wildman–Crippen LogP) is 3.76. The van der Waals surface area contributed by atoms with Gasteiger partial charge in [-0.2, -0.15) is 0 Å². The summed E-state index contributed by atoms with van der Waals surface area (Å²) < 4.78 is 0. The van der Waals surface area contributed by atoms with Crippen LogP contribution in [0.3, 0.4) is 0 Å². The molecule has 0 N–H and O–H groups in total. The Morgan fingerprint density at radius 1 is 1.38 bits per heavy atom. The number of nitrogens with zero attached hydrogens (tertiary/aromatic N) is 2. The summed E-state index contributed by atoms with van der Waals surface area (Å²) in [5.41, 5.74) is 0.898. The zero-order valence-electron chi connectivity index (χ0n) is 9.42. The van der Waals surface area contributed by atoms with E-state index in [2.05, 4.69) is 16.8 Å². The van der Waals surface area contributed by atoms with Gasteiger partial charge in [-0.1, -0.05) is 30.1 Å². The topological polar surface area (TPSA) is 16.1 Å². The first-order chi connectivity index (χ1) is 7.70. The minimum atomic E-state index is 0.520. The molecule has 2 nitrogen and oxygen atoms in total. The Hall–Kier alpha value is -0.310. The number of halogens is 2. The van der Waals surface area contributed by atoms with Crippen molar-refractivity contribution in [2.24, 2.45) is 0 Å². The van der Waals surface area contributed by atoms with Gasteiger partial charge in [0.25, 0.3) is 0 Å². The lowest BCUT2D eigenvalue weighted by Gasteiger charge is -2.21. The van der Waals surface area contributed by atoms with E-state index < -0.39 is 0 Å². The molecule has 0 radical (unpaired) electrons.